The highest BCUT2D eigenvalue weighted by atomic mass is 32.2. The van der Waals surface area contributed by atoms with Gasteiger partial charge in [-0.2, -0.15) is 0 Å². The van der Waals surface area contributed by atoms with Crippen molar-refractivity contribution in [3.8, 4) is 11.8 Å². The van der Waals surface area contributed by atoms with Gasteiger partial charge in [0.25, 0.3) is 5.91 Å². The van der Waals surface area contributed by atoms with E-state index in [2.05, 4.69) is 17.2 Å². The Bertz CT molecular complexity index is 607. The third-order valence-corrected chi connectivity index (χ3v) is 4.03. The first-order valence-electron chi connectivity index (χ1n) is 5.48. The molecule has 5 nitrogen and oxygen atoms in total. The van der Waals surface area contributed by atoms with E-state index < -0.39 is 15.9 Å². The quantitative estimate of drug-likeness (QED) is 0.781. The highest BCUT2D eigenvalue weighted by molar-refractivity contribution is 7.90. The van der Waals surface area contributed by atoms with E-state index in [-0.39, 0.29) is 18.3 Å². The van der Waals surface area contributed by atoms with Crippen LogP contribution in [0.2, 0.25) is 0 Å². The largest absolute Gasteiger partial charge is 0.384 e. The molecule has 1 rings (SSSR count). The van der Waals surface area contributed by atoms with E-state index in [4.69, 9.17) is 5.11 Å². The van der Waals surface area contributed by atoms with Crippen molar-refractivity contribution in [1.82, 2.24) is 5.32 Å². The minimum atomic E-state index is -3.12. The highest BCUT2D eigenvalue weighted by Gasteiger charge is 2.15. The Kier molecular flexibility index (Phi) is 5.54. The predicted molar refractivity (Wildman–Crippen MR) is 74.9 cm³/mol. The number of thiophene rings is 1. The second kappa shape index (κ2) is 6.70. The monoisotopic (exact) mass is 301 g/mol. The number of aliphatic hydroxyl groups is 1. The molecule has 0 aliphatic heterocycles. The Morgan fingerprint density at radius 2 is 2.26 bits per heavy atom. The van der Waals surface area contributed by atoms with Gasteiger partial charge in [0, 0.05) is 17.7 Å². The third kappa shape index (κ3) is 5.87. The van der Waals surface area contributed by atoms with Crippen molar-refractivity contribution < 1.29 is 18.3 Å². The number of hydrogen-bond donors (Lipinski definition) is 2. The number of rotatable bonds is 4. The van der Waals surface area contributed by atoms with Gasteiger partial charge >= 0.3 is 0 Å². The maximum atomic E-state index is 11.8. The molecule has 1 amide bonds. The van der Waals surface area contributed by atoms with Crippen molar-refractivity contribution in [2.45, 2.75) is 13.0 Å². The van der Waals surface area contributed by atoms with Gasteiger partial charge in [-0.3, -0.25) is 4.79 Å². The van der Waals surface area contributed by atoms with Crippen LogP contribution in [0, 0.1) is 11.8 Å². The summed E-state index contributed by atoms with van der Waals surface area (Å²) in [5.41, 5.74) is 0.438. The van der Waals surface area contributed by atoms with E-state index in [0.29, 0.717) is 10.4 Å². The van der Waals surface area contributed by atoms with Crippen LogP contribution in [0.1, 0.15) is 22.2 Å². The molecule has 0 spiro atoms. The first kappa shape index (κ1) is 15.7. The van der Waals surface area contributed by atoms with Gasteiger partial charge in [0.15, 0.2) is 0 Å². The van der Waals surface area contributed by atoms with E-state index >= 15 is 0 Å². The normalized spacial score (nSPS) is 12.4. The summed E-state index contributed by atoms with van der Waals surface area (Å²) in [6, 6.07) is 1.16. The third-order valence-electron chi connectivity index (χ3n) is 2.08. The van der Waals surface area contributed by atoms with Crippen molar-refractivity contribution in [3.05, 3.63) is 21.9 Å². The fourth-order valence-corrected chi connectivity index (χ4v) is 3.20. The van der Waals surface area contributed by atoms with Crippen LogP contribution >= 0.6 is 11.3 Å². The summed E-state index contributed by atoms with van der Waals surface area (Å²) in [6.07, 6.45) is 1.13. The van der Waals surface area contributed by atoms with Crippen molar-refractivity contribution in [3.63, 3.8) is 0 Å². The molecule has 1 heterocycles. The standard InChI is InChI=1S/C12H15NO4S2/c1-9(8-19(2,16)17)13-12(15)10-6-11(18-7-10)4-3-5-14/h6-7,9,14H,5,8H2,1-2H3,(H,13,15). The van der Waals surface area contributed by atoms with Gasteiger partial charge in [-0.05, 0) is 13.0 Å². The Labute approximate surface area is 116 Å². The molecule has 104 valence electrons. The Balaban J connectivity index is 2.66. The molecule has 1 atom stereocenters. The van der Waals surface area contributed by atoms with Crippen LogP contribution in [-0.4, -0.2) is 44.1 Å². The minimum absolute atomic E-state index is 0.0972. The van der Waals surface area contributed by atoms with Gasteiger partial charge in [0.2, 0.25) is 0 Å². The zero-order valence-corrected chi connectivity index (χ0v) is 12.3. The van der Waals surface area contributed by atoms with E-state index in [1.165, 1.54) is 11.3 Å². The van der Waals surface area contributed by atoms with Crippen LogP contribution in [0.3, 0.4) is 0 Å². The molecule has 0 radical (unpaired) electrons. The van der Waals surface area contributed by atoms with Crippen molar-refractivity contribution >= 4 is 27.1 Å². The van der Waals surface area contributed by atoms with Crippen LogP contribution in [0.5, 0.6) is 0 Å². The second-order valence-electron chi connectivity index (χ2n) is 4.13. The number of aliphatic hydroxyl groups excluding tert-OH is 1. The van der Waals surface area contributed by atoms with E-state index in [9.17, 15) is 13.2 Å². The maximum absolute atomic E-state index is 11.8. The summed E-state index contributed by atoms with van der Waals surface area (Å²) in [7, 11) is -3.12. The molecule has 1 aromatic rings. The fourth-order valence-electron chi connectivity index (χ4n) is 1.45. The van der Waals surface area contributed by atoms with Gasteiger partial charge in [0.1, 0.15) is 16.4 Å². The van der Waals surface area contributed by atoms with Gasteiger partial charge < -0.3 is 10.4 Å². The second-order valence-corrected chi connectivity index (χ2v) is 7.22. The SMILES string of the molecule is CC(CS(C)(=O)=O)NC(=O)c1csc(C#CCO)c1. The number of sulfone groups is 1. The Morgan fingerprint density at radius 1 is 1.58 bits per heavy atom. The molecule has 1 aromatic heterocycles. The maximum Gasteiger partial charge on any atom is 0.252 e. The van der Waals surface area contributed by atoms with E-state index in [0.717, 1.165) is 6.26 Å². The number of nitrogens with one attached hydrogen (secondary N) is 1. The average Bonchev–Trinajstić information content (AvgIpc) is 2.72. The summed E-state index contributed by atoms with van der Waals surface area (Å²) >= 11 is 1.29. The average molecular weight is 301 g/mol. The fraction of sp³-hybridized carbons (Fsp3) is 0.417. The number of carbonyl (C=O) groups is 1. The van der Waals surface area contributed by atoms with Gasteiger partial charge in [-0.15, -0.1) is 11.3 Å². The summed E-state index contributed by atoms with van der Waals surface area (Å²) in [6.45, 7) is 1.41. The zero-order valence-electron chi connectivity index (χ0n) is 10.6. The lowest BCUT2D eigenvalue weighted by molar-refractivity contribution is 0.0944. The van der Waals surface area contributed by atoms with Crippen LogP contribution in [0.25, 0.3) is 0 Å². The summed E-state index contributed by atoms with van der Waals surface area (Å²) < 4.78 is 22.2. The van der Waals surface area contributed by atoms with Gasteiger partial charge in [-0.25, -0.2) is 8.42 Å². The Hall–Kier alpha value is -1.36. The molecule has 0 aliphatic carbocycles. The molecular weight excluding hydrogens is 286 g/mol. The number of hydrogen-bond acceptors (Lipinski definition) is 5. The lowest BCUT2D eigenvalue weighted by Crippen LogP contribution is -2.37. The molecule has 0 saturated heterocycles. The molecular formula is C12H15NO4S2. The molecule has 0 saturated carbocycles. The zero-order chi connectivity index (χ0) is 14.5. The molecule has 0 fully saturated rings. The van der Waals surface area contributed by atoms with Crippen LogP contribution < -0.4 is 5.32 Å². The van der Waals surface area contributed by atoms with Crippen LogP contribution in [-0.2, 0) is 9.84 Å². The van der Waals surface area contributed by atoms with Crippen molar-refractivity contribution in [1.29, 1.82) is 0 Å². The first-order chi connectivity index (χ1) is 8.81. The topological polar surface area (TPSA) is 83.5 Å². The first-order valence-corrected chi connectivity index (χ1v) is 8.42. The summed E-state index contributed by atoms with van der Waals surface area (Å²) in [5, 5.41) is 12.8. The van der Waals surface area contributed by atoms with E-state index in [1.54, 1.807) is 18.4 Å². The molecule has 0 bridgehead atoms. The predicted octanol–water partition coefficient (Wildman–Crippen LogP) is 0.255. The van der Waals surface area contributed by atoms with Crippen molar-refractivity contribution in [2.24, 2.45) is 0 Å². The lowest BCUT2D eigenvalue weighted by Gasteiger charge is -2.11. The number of amides is 1. The van der Waals surface area contributed by atoms with Gasteiger partial charge in [-0.1, -0.05) is 11.8 Å². The van der Waals surface area contributed by atoms with Crippen molar-refractivity contribution in [2.75, 3.05) is 18.6 Å². The van der Waals surface area contributed by atoms with Gasteiger partial charge in [0.05, 0.1) is 16.2 Å². The van der Waals surface area contributed by atoms with Crippen LogP contribution in [0.4, 0.5) is 0 Å². The highest BCUT2D eigenvalue weighted by Crippen LogP contribution is 2.13. The molecule has 1 unspecified atom stereocenters. The molecule has 0 aliphatic rings. The molecule has 0 aromatic carbocycles. The van der Waals surface area contributed by atoms with E-state index in [1.807, 2.05) is 0 Å². The lowest BCUT2D eigenvalue weighted by atomic mass is 10.2. The molecule has 7 heteroatoms. The number of carbonyl (C=O) groups excluding carboxylic acids is 1. The Morgan fingerprint density at radius 3 is 2.84 bits per heavy atom. The smallest absolute Gasteiger partial charge is 0.252 e. The molecule has 19 heavy (non-hydrogen) atoms. The summed E-state index contributed by atoms with van der Waals surface area (Å²) in [5.74, 6) is 4.77. The summed E-state index contributed by atoms with van der Waals surface area (Å²) in [4.78, 5) is 12.5. The molecule has 2 N–H and O–H groups in total. The minimum Gasteiger partial charge on any atom is -0.384 e. The van der Waals surface area contributed by atoms with Crippen LogP contribution in [0.15, 0.2) is 11.4 Å².